The number of hydrogen-bond donors (Lipinski definition) is 1. The highest BCUT2D eigenvalue weighted by molar-refractivity contribution is 5.38. The summed E-state index contributed by atoms with van der Waals surface area (Å²) in [7, 11) is 1.74. The van der Waals surface area contributed by atoms with Crippen molar-refractivity contribution in [2.24, 2.45) is 5.92 Å². The minimum Gasteiger partial charge on any atom is -0.396 e. The van der Waals surface area contributed by atoms with Crippen molar-refractivity contribution >= 4 is 5.82 Å². The number of aromatic nitrogens is 2. The molecule has 1 aromatic rings. The molecule has 2 atom stereocenters. The van der Waals surface area contributed by atoms with Crippen molar-refractivity contribution < 1.29 is 9.84 Å². The standard InChI is InChI=1S/C13H21N3O2/c1-10-3-4-13(15-14-10)16-7-5-11(6-8-17)12(9-16)18-2/h3-4,11-12,17H,5-9H2,1-2H3. The second-order valence-electron chi connectivity index (χ2n) is 4.81. The van der Waals surface area contributed by atoms with Gasteiger partial charge in [0.15, 0.2) is 5.82 Å². The van der Waals surface area contributed by atoms with Crippen LogP contribution in [0.2, 0.25) is 0 Å². The van der Waals surface area contributed by atoms with Gasteiger partial charge in [0.05, 0.1) is 11.8 Å². The van der Waals surface area contributed by atoms with E-state index in [1.807, 2.05) is 19.1 Å². The summed E-state index contributed by atoms with van der Waals surface area (Å²) in [5, 5.41) is 17.4. The van der Waals surface area contributed by atoms with Crippen LogP contribution in [0.5, 0.6) is 0 Å². The zero-order chi connectivity index (χ0) is 13.0. The molecule has 0 aliphatic carbocycles. The monoisotopic (exact) mass is 251 g/mol. The highest BCUT2D eigenvalue weighted by Gasteiger charge is 2.29. The van der Waals surface area contributed by atoms with Crippen LogP contribution in [-0.2, 0) is 4.74 Å². The van der Waals surface area contributed by atoms with Crippen LogP contribution in [0, 0.1) is 12.8 Å². The summed E-state index contributed by atoms with van der Waals surface area (Å²) in [6, 6.07) is 3.98. The number of ether oxygens (including phenoxy) is 1. The fourth-order valence-corrected chi connectivity index (χ4v) is 2.50. The van der Waals surface area contributed by atoms with Gasteiger partial charge in [0.2, 0.25) is 0 Å². The van der Waals surface area contributed by atoms with E-state index in [0.29, 0.717) is 5.92 Å². The SMILES string of the molecule is COC1CN(c2ccc(C)nn2)CCC1CCO. The van der Waals surface area contributed by atoms with E-state index in [4.69, 9.17) is 9.84 Å². The van der Waals surface area contributed by atoms with E-state index in [-0.39, 0.29) is 12.7 Å². The van der Waals surface area contributed by atoms with E-state index < -0.39 is 0 Å². The summed E-state index contributed by atoms with van der Waals surface area (Å²) in [4.78, 5) is 2.20. The van der Waals surface area contributed by atoms with E-state index in [0.717, 1.165) is 37.4 Å². The van der Waals surface area contributed by atoms with Gasteiger partial charge in [-0.25, -0.2) is 0 Å². The second-order valence-corrected chi connectivity index (χ2v) is 4.81. The lowest BCUT2D eigenvalue weighted by Gasteiger charge is -2.38. The summed E-state index contributed by atoms with van der Waals surface area (Å²) in [6.07, 6.45) is 1.99. The predicted molar refractivity (Wildman–Crippen MR) is 69.6 cm³/mol. The molecule has 1 aromatic heterocycles. The second kappa shape index (κ2) is 6.11. The van der Waals surface area contributed by atoms with Gasteiger partial charge < -0.3 is 14.7 Å². The molecule has 0 bridgehead atoms. The van der Waals surface area contributed by atoms with Gasteiger partial charge in [0, 0.05) is 26.8 Å². The van der Waals surface area contributed by atoms with Crippen molar-refractivity contribution in [3.05, 3.63) is 17.8 Å². The molecule has 2 rings (SSSR count). The number of methoxy groups -OCH3 is 1. The molecule has 0 aromatic carbocycles. The average Bonchev–Trinajstić information content (AvgIpc) is 2.40. The highest BCUT2D eigenvalue weighted by Crippen LogP contribution is 2.25. The van der Waals surface area contributed by atoms with Crippen LogP contribution in [0.1, 0.15) is 18.5 Å². The molecule has 1 aliphatic rings. The van der Waals surface area contributed by atoms with Gasteiger partial charge >= 0.3 is 0 Å². The Morgan fingerprint density at radius 1 is 1.44 bits per heavy atom. The largest absolute Gasteiger partial charge is 0.396 e. The first-order valence-electron chi connectivity index (χ1n) is 6.43. The molecule has 5 heteroatoms. The molecule has 18 heavy (non-hydrogen) atoms. The Morgan fingerprint density at radius 3 is 2.89 bits per heavy atom. The molecule has 100 valence electrons. The maximum atomic E-state index is 9.05. The first-order chi connectivity index (χ1) is 8.74. The van der Waals surface area contributed by atoms with Crippen molar-refractivity contribution in [3.63, 3.8) is 0 Å². The van der Waals surface area contributed by atoms with Crippen molar-refractivity contribution in [1.29, 1.82) is 0 Å². The smallest absolute Gasteiger partial charge is 0.151 e. The Morgan fingerprint density at radius 2 is 2.28 bits per heavy atom. The van der Waals surface area contributed by atoms with Gasteiger partial charge in [-0.1, -0.05) is 0 Å². The third kappa shape index (κ3) is 2.97. The Balaban J connectivity index is 2.02. The summed E-state index contributed by atoms with van der Waals surface area (Å²) in [5.41, 5.74) is 0.928. The molecule has 1 N–H and O–H groups in total. The van der Waals surface area contributed by atoms with E-state index in [1.165, 1.54) is 0 Å². The summed E-state index contributed by atoms with van der Waals surface area (Å²) in [5.74, 6) is 1.35. The lowest BCUT2D eigenvalue weighted by Crippen LogP contribution is -2.45. The summed E-state index contributed by atoms with van der Waals surface area (Å²) >= 11 is 0. The number of rotatable bonds is 4. The summed E-state index contributed by atoms with van der Waals surface area (Å²) < 4.78 is 5.53. The fraction of sp³-hybridized carbons (Fsp3) is 0.692. The number of aliphatic hydroxyl groups excluding tert-OH is 1. The molecular weight excluding hydrogens is 230 g/mol. The number of hydrogen-bond acceptors (Lipinski definition) is 5. The van der Waals surface area contributed by atoms with Crippen LogP contribution in [0.15, 0.2) is 12.1 Å². The number of aliphatic hydroxyl groups is 1. The molecule has 0 saturated carbocycles. The molecular formula is C13H21N3O2. The topological polar surface area (TPSA) is 58.5 Å². The van der Waals surface area contributed by atoms with E-state index in [9.17, 15) is 0 Å². The van der Waals surface area contributed by atoms with Crippen LogP contribution in [0.3, 0.4) is 0 Å². The van der Waals surface area contributed by atoms with Gasteiger partial charge in [-0.15, -0.1) is 5.10 Å². The molecule has 0 amide bonds. The van der Waals surface area contributed by atoms with Gasteiger partial charge in [-0.2, -0.15) is 5.10 Å². The van der Waals surface area contributed by atoms with Crippen LogP contribution in [0.4, 0.5) is 5.82 Å². The van der Waals surface area contributed by atoms with Crippen molar-refractivity contribution in [2.75, 3.05) is 31.7 Å². The van der Waals surface area contributed by atoms with Gasteiger partial charge in [-0.3, -0.25) is 0 Å². The lowest BCUT2D eigenvalue weighted by molar-refractivity contribution is 0.0317. The molecule has 1 fully saturated rings. The van der Waals surface area contributed by atoms with Crippen LogP contribution in [0.25, 0.3) is 0 Å². The third-order valence-electron chi connectivity index (χ3n) is 3.61. The first-order valence-corrected chi connectivity index (χ1v) is 6.43. The number of piperidine rings is 1. The minimum absolute atomic E-state index is 0.161. The van der Waals surface area contributed by atoms with Gasteiger partial charge in [0.25, 0.3) is 0 Å². The Bertz CT molecular complexity index is 369. The first kappa shape index (κ1) is 13.2. The lowest BCUT2D eigenvalue weighted by atomic mass is 9.91. The zero-order valence-electron chi connectivity index (χ0n) is 11.0. The van der Waals surface area contributed by atoms with Crippen LogP contribution < -0.4 is 4.90 Å². The van der Waals surface area contributed by atoms with Crippen molar-refractivity contribution in [2.45, 2.75) is 25.9 Å². The predicted octanol–water partition coefficient (Wildman–Crippen LogP) is 1.01. The van der Waals surface area contributed by atoms with Crippen LogP contribution >= 0.6 is 0 Å². The number of aryl methyl sites for hydroxylation is 1. The Kier molecular flexibility index (Phi) is 4.49. The van der Waals surface area contributed by atoms with Crippen LogP contribution in [-0.4, -0.2) is 48.2 Å². The Hall–Kier alpha value is -1.20. The molecule has 1 aliphatic heterocycles. The maximum absolute atomic E-state index is 9.05. The molecule has 5 nitrogen and oxygen atoms in total. The normalized spacial score (nSPS) is 24.3. The van der Waals surface area contributed by atoms with Gasteiger partial charge in [-0.05, 0) is 37.8 Å². The molecule has 1 saturated heterocycles. The van der Waals surface area contributed by atoms with E-state index in [2.05, 4.69) is 15.1 Å². The Labute approximate surface area is 108 Å². The zero-order valence-corrected chi connectivity index (χ0v) is 11.0. The third-order valence-corrected chi connectivity index (χ3v) is 3.61. The van der Waals surface area contributed by atoms with Crippen molar-refractivity contribution in [3.8, 4) is 0 Å². The molecule has 0 radical (unpaired) electrons. The van der Waals surface area contributed by atoms with E-state index in [1.54, 1.807) is 7.11 Å². The quantitative estimate of drug-likeness (QED) is 0.865. The number of anilines is 1. The van der Waals surface area contributed by atoms with Gasteiger partial charge in [0.1, 0.15) is 0 Å². The minimum atomic E-state index is 0.161. The summed E-state index contributed by atoms with van der Waals surface area (Å²) in [6.45, 7) is 3.93. The van der Waals surface area contributed by atoms with Crippen molar-refractivity contribution in [1.82, 2.24) is 10.2 Å². The average molecular weight is 251 g/mol. The molecule has 0 spiro atoms. The fourth-order valence-electron chi connectivity index (χ4n) is 2.50. The molecule has 2 unspecified atom stereocenters. The highest BCUT2D eigenvalue weighted by atomic mass is 16.5. The molecule has 2 heterocycles. The number of nitrogens with zero attached hydrogens (tertiary/aromatic N) is 3. The van der Waals surface area contributed by atoms with E-state index >= 15 is 0 Å². The maximum Gasteiger partial charge on any atom is 0.151 e.